The molecule has 1 aliphatic carbocycles. The van der Waals surface area contributed by atoms with E-state index in [-0.39, 0.29) is 0 Å². The Morgan fingerprint density at radius 3 is 2.68 bits per heavy atom. The van der Waals surface area contributed by atoms with Crippen LogP contribution in [0.3, 0.4) is 0 Å². The number of nitrogens with one attached hydrogen (secondary N) is 1. The Labute approximate surface area is 124 Å². The third kappa shape index (κ3) is 2.61. The molecule has 116 valence electrons. The zero-order valence-corrected chi connectivity index (χ0v) is 11.6. The van der Waals surface area contributed by atoms with Crippen LogP contribution in [-0.2, 0) is 11.0 Å². The largest absolute Gasteiger partial charge is 0.481 e. The van der Waals surface area contributed by atoms with Crippen molar-refractivity contribution in [1.29, 1.82) is 0 Å². The molecule has 2 N–H and O–H groups in total. The van der Waals surface area contributed by atoms with Gasteiger partial charge in [0.25, 0.3) is 0 Å². The molecule has 1 unspecified atom stereocenters. The van der Waals surface area contributed by atoms with Gasteiger partial charge in [0.1, 0.15) is 0 Å². The van der Waals surface area contributed by atoms with Gasteiger partial charge in [0, 0.05) is 22.7 Å². The number of halogens is 3. The van der Waals surface area contributed by atoms with E-state index in [1.165, 1.54) is 6.07 Å². The smallest absolute Gasteiger partial charge is 0.416 e. The topological polar surface area (TPSA) is 53.1 Å². The first kappa shape index (κ1) is 14.7. The monoisotopic (exact) mass is 309 g/mol. The molecule has 0 bridgehead atoms. The first-order valence-electron chi connectivity index (χ1n) is 6.97. The maximum atomic E-state index is 12.8. The zero-order chi connectivity index (χ0) is 15.9. The minimum atomic E-state index is -4.38. The highest BCUT2D eigenvalue weighted by molar-refractivity contribution is 5.93. The average molecular weight is 309 g/mol. The molecule has 0 radical (unpaired) electrons. The second-order valence-electron chi connectivity index (χ2n) is 5.50. The van der Waals surface area contributed by atoms with Crippen molar-refractivity contribution in [3.8, 4) is 0 Å². The third-order valence-electron chi connectivity index (χ3n) is 4.12. The maximum Gasteiger partial charge on any atom is 0.416 e. The van der Waals surface area contributed by atoms with Crippen LogP contribution in [0, 0.1) is 5.92 Å². The number of hydrogen-bond donors (Lipinski definition) is 2. The van der Waals surface area contributed by atoms with Crippen molar-refractivity contribution in [2.24, 2.45) is 5.92 Å². The van der Waals surface area contributed by atoms with Crippen molar-refractivity contribution in [3.05, 3.63) is 41.6 Å². The summed E-state index contributed by atoms with van der Waals surface area (Å²) in [6, 6.07) is 3.62. The molecule has 1 aromatic carbocycles. The standard InChI is InChI=1S/C16H14F3NO2/c17-16(18,19)11-5-6-14-12(7-11)13(8-20-14)9-1-3-10(4-2-9)15(21)22/h1,5-8,10,20H,2-4H2,(H,21,22). The molecule has 1 aromatic heterocycles. The van der Waals surface area contributed by atoms with Gasteiger partial charge in [-0.25, -0.2) is 0 Å². The summed E-state index contributed by atoms with van der Waals surface area (Å²) in [6.45, 7) is 0. The van der Waals surface area contributed by atoms with Crippen LogP contribution in [0.15, 0.2) is 30.5 Å². The van der Waals surface area contributed by atoms with Crippen LogP contribution in [0.2, 0.25) is 0 Å². The second kappa shape index (κ2) is 5.19. The molecule has 0 aliphatic heterocycles. The molecule has 1 heterocycles. The average Bonchev–Trinajstić information content (AvgIpc) is 2.89. The Balaban J connectivity index is 2.00. The van der Waals surface area contributed by atoms with Gasteiger partial charge in [0.05, 0.1) is 11.5 Å². The lowest BCUT2D eigenvalue weighted by Crippen LogP contribution is -2.15. The highest BCUT2D eigenvalue weighted by Crippen LogP contribution is 2.37. The van der Waals surface area contributed by atoms with E-state index in [9.17, 15) is 18.0 Å². The van der Waals surface area contributed by atoms with Crippen LogP contribution < -0.4 is 0 Å². The minimum absolute atomic E-state index is 0.403. The van der Waals surface area contributed by atoms with Crippen molar-refractivity contribution in [2.45, 2.75) is 25.4 Å². The number of fused-ring (bicyclic) bond motifs is 1. The Morgan fingerprint density at radius 2 is 2.09 bits per heavy atom. The summed E-state index contributed by atoms with van der Waals surface area (Å²) < 4.78 is 38.5. The van der Waals surface area contributed by atoms with Gasteiger partial charge in [0.2, 0.25) is 0 Å². The highest BCUT2D eigenvalue weighted by atomic mass is 19.4. The molecule has 1 aliphatic rings. The number of hydrogen-bond acceptors (Lipinski definition) is 1. The van der Waals surface area contributed by atoms with E-state index in [1.807, 2.05) is 6.08 Å². The van der Waals surface area contributed by atoms with Gasteiger partial charge in [-0.3, -0.25) is 4.79 Å². The molecule has 0 saturated heterocycles. The number of aromatic amines is 1. The lowest BCUT2D eigenvalue weighted by Gasteiger charge is -2.18. The quantitative estimate of drug-likeness (QED) is 0.861. The predicted molar refractivity (Wildman–Crippen MR) is 76.3 cm³/mol. The maximum absolute atomic E-state index is 12.8. The van der Waals surface area contributed by atoms with Crippen LogP contribution in [0.1, 0.15) is 30.4 Å². The number of H-pyrrole nitrogens is 1. The molecule has 0 spiro atoms. The summed E-state index contributed by atoms with van der Waals surface area (Å²) in [5.74, 6) is -1.23. The van der Waals surface area contributed by atoms with Crippen LogP contribution in [0.4, 0.5) is 13.2 Å². The molecular formula is C16H14F3NO2. The SMILES string of the molecule is O=C(O)C1CC=C(c2c[nH]c3ccc(C(F)(F)F)cc23)CC1. The summed E-state index contributed by atoms with van der Waals surface area (Å²) >= 11 is 0. The van der Waals surface area contributed by atoms with Gasteiger partial charge < -0.3 is 10.1 Å². The number of carboxylic acid groups (broad SMARTS) is 1. The molecule has 2 aromatic rings. The van der Waals surface area contributed by atoms with Gasteiger partial charge >= 0.3 is 12.1 Å². The van der Waals surface area contributed by atoms with E-state index in [4.69, 9.17) is 5.11 Å². The molecule has 1 atom stereocenters. The van der Waals surface area contributed by atoms with E-state index in [1.54, 1.807) is 6.20 Å². The van der Waals surface area contributed by atoms with Crippen molar-refractivity contribution in [2.75, 3.05) is 0 Å². The van der Waals surface area contributed by atoms with E-state index in [0.29, 0.717) is 30.2 Å². The van der Waals surface area contributed by atoms with Gasteiger partial charge in [0.15, 0.2) is 0 Å². The van der Waals surface area contributed by atoms with Crippen LogP contribution in [-0.4, -0.2) is 16.1 Å². The van der Waals surface area contributed by atoms with Crippen LogP contribution in [0.5, 0.6) is 0 Å². The lowest BCUT2D eigenvalue weighted by molar-refractivity contribution is -0.142. The minimum Gasteiger partial charge on any atom is -0.481 e. The van der Waals surface area contributed by atoms with Crippen molar-refractivity contribution in [1.82, 2.24) is 4.98 Å². The third-order valence-corrected chi connectivity index (χ3v) is 4.12. The van der Waals surface area contributed by atoms with Crippen molar-refractivity contribution in [3.63, 3.8) is 0 Å². The Bertz CT molecular complexity index is 758. The molecule has 0 amide bonds. The van der Waals surface area contributed by atoms with Crippen LogP contribution in [0.25, 0.3) is 16.5 Å². The number of carboxylic acids is 1. The molecule has 3 nitrogen and oxygen atoms in total. The fourth-order valence-electron chi connectivity index (χ4n) is 2.87. The van der Waals surface area contributed by atoms with Gasteiger partial charge in [-0.2, -0.15) is 13.2 Å². The lowest BCUT2D eigenvalue weighted by atomic mass is 9.86. The highest BCUT2D eigenvalue weighted by Gasteiger charge is 2.31. The number of alkyl halides is 3. The summed E-state index contributed by atoms with van der Waals surface area (Å²) in [7, 11) is 0. The van der Waals surface area contributed by atoms with E-state index < -0.39 is 23.6 Å². The van der Waals surface area contributed by atoms with Gasteiger partial charge in [-0.05, 0) is 43.0 Å². The number of aromatic nitrogens is 1. The predicted octanol–water partition coefficient (Wildman–Crippen LogP) is 4.45. The van der Waals surface area contributed by atoms with Crippen molar-refractivity contribution >= 4 is 22.4 Å². The second-order valence-corrected chi connectivity index (χ2v) is 5.50. The summed E-state index contributed by atoms with van der Waals surface area (Å²) in [5.41, 5.74) is 1.60. The summed E-state index contributed by atoms with van der Waals surface area (Å²) in [4.78, 5) is 13.9. The number of allylic oxidation sites excluding steroid dienone is 2. The van der Waals surface area contributed by atoms with E-state index in [0.717, 1.165) is 23.3 Å². The summed E-state index contributed by atoms with van der Waals surface area (Å²) in [5, 5.41) is 9.52. The Morgan fingerprint density at radius 1 is 1.32 bits per heavy atom. The molecule has 3 rings (SSSR count). The zero-order valence-electron chi connectivity index (χ0n) is 11.6. The molecule has 22 heavy (non-hydrogen) atoms. The fourth-order valence-corrected chi connectivity index (χ4v) is 2.87. The Kier molecular flexibility index (Phi) is 3.47. The van der Waals surface area contributed by atoms with Crippen LogP contribution >= 0.6 is 0 Å². The molecule has 6 heteroatoms. The molecular weight excluding hydrogens is 295 g/mol. The number of rotatable bonds is 2. The molecule has 0 fully saturated rings. The summed E-state index contributed by atoms with van der Waals surface area (Å²) in [6.07, 6.45) is 0.615. The molecule has 0 saturated carbocycles. The van der Waals surface area contributed by atoms with Gasteiger partial charge in [-0.1, -0.05) is 6.08 Å². The number of benzene rings is 1. The first-order chi connectivity index (χ1) is 10.4. The van der Waals surface area contributed by atoms with Crippen molar-refractivity contribution < 1.29 is 23.1 Å². The fraction of sp³-hybridized carbons (Fsp3) is 0.312. The number of carbonyl (C=O) groups is 1. The van der Waals surface area contributed by atoms with E-state index in [2.05, 4.69) is 4.98 Å². The normalized spacial score (nSPS) is 19.2. The first-order valence-corrected chi connectivity index (χ1v) is 6.97. The number of aliphatic carboxylic acids is 1. The van der Waals surface area contributed by atoms with Gasteiger partial charge in [-0.15, -0.1) is 0 Å². The van der Waals surface area contributed by atoms with E-state index >= 15 is 0 Å². The Hall–Kier alpha value is -2.24.